The van der Waals surface area contributed by atoms with Crippen LogP contribution in [-0.2, 0) is 14.3 Å². The topological polar surface area (TPSA) is 94.8 Å². The zero-order valence-corrected chi connectivity index (χ0v) is 14.1. The van der Waals surface area contributed by atoms with E-state index in [0.717, 1.165) is 0 Å². The van der Waals surface area contributed by atoms with Gasteiger partial charge in [0.2, 0.25) is 0 Å². The number of pyridine rings is 1. The molecule has 2 N–H and O–H groups in total. The van der Waals surface area contributed by atoms with Crippen LogP contribution in [0.15, 0.2) is 12.1 Å². The second kappa shape index (κ2) is 6.06. The third kappa shape index (κ3) is 3.23. The molecule has 126 valence electrons. The first-order valence-electron chi connectivity index (χ1n) is 7.67. The fraction of sp³-hybridized carbons (Fsp3) is 0.562. The van der Waals surface area contributed by atoms with Crippen molar-refractivity contribution in [3.63, 3.8) is 0 Å². The molecular formula is C16H23N3O4. The van der Waals surface area contributed by atoms with Gasteiger partial charge in [-0.15, -0.1) is 0 Å². The van der Waals surface area contributed by atoms with Crippen LogP contribution in [0.1, 0.15) is 41.0 Å². The van der Waals surface area contributed by atoms with Crippen LogP contribution in [0.2, 0.25) is 0 Å². The maximum Gasteiger partial charge on any atom is 0.329 e. The predicted molar refractivity (Wildman–Crippen MR) is 86.1 cm³/mol. The molecule has 1 aliphatic heterocycles. The molecule has 0 spiro atoms. The number of carbonyl (C=O) groups is 2. The molecular weight excluding hydrogens is 298 g/mol. The summed E-state index contributed by atoms with van der Waals surface area (Å²) in [6.45, 7) is 8.65. The fourth-order valence-electron chi connectivity index (χ4n) is 2.46. The number of carbonyl (C=O) groups excluding carboxylic acids is 2. The lowest BCUT2D eigenvalue weighted by molar-refractivity contribution is -0.151. The van der Waals surface area contributed by atoms with E-state index >= 15 is 0 Å². The Balaban J connectivity index is 2.51. The molecule has 0 fully saturated rings. The number of esters is 1. The van der Waals surface area contributed by atoms with E-state index < -0.39 is 17.6 Å². The molecule has 1 aromatic rings. The van der Waals surface area contributed by atoms with Crippen molar-refractivity contribution in [2.75, 3.05) is 10.6 Å². The zero-order valence-electron chi connectivity index (χ0n) is 14.1. The van der Waals surface area contributed by atoms with E-state index in [4.69, 9.17) is 15.2 Å². The molecule has 7 nitrogen and oxygen atoms in total. The molecule has 1 aliphatic rings. The van der Waals surface area contributed by atoms with Gasteiger partial charge in [0.15, 0.2) is 17.2 Å². The highest BCUT2D eigenvalue weighted by molar-refractivity contribution is 6.05. The normalized spacial score (nSPS) is 17.5. The molecule has 1 aromatic heterocycles. The molecule has 1 amide bonds. The number of nitrogens with zero attached hydrogens (tertiary/aromatic N) is 2. The van der Waals surface area contributed by atoms with Crippen molar-refractivity contribution in [3.05, 3.63) is 12.1 Å². The zero-order chi connectivity index (χ0) is 17.4. The van der Waals surface area contributed by atoms with Crippen molar-refractivity contribution >= 4 is 23.5 Å². The molecule has 1 atom stereocenters. The molecule has 23 heavy (non-hydrogen) atoms. The number of aromatic nitrogens is 1. The molecule has 0 saturated heterocycles. The van der Waals surface area contributed by atoms with E-state index in [1.54, 1.807) is 39.8 Å². The molecule has 2 heterocycles. The summed E-state index contributed by atoms with van der Waals surface area (Å²) in [7, 11) is 0. The highest BCUT2D eigenvalue weighted by Gasteiger charge is 2.46. The van der Waals surface area contributed by atoms with Gasteiger partial charge in [0, 0.05) is 0 Å². The Bertz CT molecular complexity index is 628. The highest BCUT2D eigenvalue weighted by Crippen LogP contribution is 2.38. The number of anilines is 2. The lowest BCUT2D eigenvalue weighted by Crippen LogP contribution is -2.58. The number of hydrogen-bond donors (Lipinski definition) is 1. The van der Waals surface area contributed by atoms with Crippen molar-refractivity contribution in [2.24, 2.45) is 0 Å². The fourth-order valence-corrected chi connectivity index (χ4v) is 2.46. The van der Waals surface area contributed by atoms with Gasteiger partial charge in [-0.1, -0.05) is 6.92 Å². The largest absolute Gasteiger partial charge is 0.474 e. The Kier molecular flexibility index (Phi) is 4.49. The second-order valence-corrected chi connectivity index (χ2v) is 6.26. The molecule has 0 saturated carbocycles. The summed E-state index contributed by atoms with van der Waals surface area (Å²) in [4.78, 5) is 30.8. The van der Waals surface area contributed by atoms with Crippen molar-refractivity contribution in [1.29, 1.82) is 0 Å². The molecule has 7 heteroatoms. The Hall–Kier alpha value is -2.31. The van der Waals surface area contributed by atoms with Crippen LogP contribution in [0.3, 0.4) is 0 Å². The number of nitrogens with two attached hydrogens (primary N) is 1. The monoisotopic (exact) mass is 321 g/mol. The first-order chi connectivity index (χ1) is 10.7. The predicted octanol–water partition coefficient (Wildman–Crippen LogP) is 1.90. The van der Waals surface area contributed by atoms with Crippen LogP contribution in [0.5, 0.6) is 5.75 Å². The Morgan fingerprint density at radius 3 is 2.65 bits per heavy atom. The third-order valence-corrected chi connectivity index (χ3v) is 3.51. The third-order valence-electron chi connectivity index (χ3n) is 3.51. The van der Waals surface area contributed by atoms with E-state index in [2.05, 4.69) is 4.98 Å². The average Bonchev–Trinajstić information content (AvgIpc) is 2.43. The van der Waals surface area contributed by atoms with Crippen molar-refractivity contribution in [3.8, 4) is 5.75 Å². The summed E-state index contributed by atoms with van der Waals surface area (Å²) in [5, 5.41) is 0. The number of fused-ring (bicyclic) bond motifs is 1. The van der Waals surface area contributed by atoms with Gasteiger partial charge >= 0.3 is 5.97 Å². The second-order valence-electron chi connectivity index (χ2n) is 6.26. The van der Waals surface area contributed by atoms with Gasteiger partial charge < -0.3 is 15.2 Å². The SMILES string of the molecule is CCC(C(=O)OC(C)C)N1C(=O)C(C)(C)Oc2ccc(N)nc21. The lowest BCUT2D eigenvalue weighted by atomic mass is 10.0. The highest BCUT2D eigenvalue weighted by atomic mass is 16.5. The Morgan fingerprint density at radius 1 is 1.43 bits per heavy atom. The standard InChI is InChI=1S/C16H23N3O4/c1-6-10(14(20)22-9(2)3)19-13-11(7-8-12(17)18-13)23-16(4,5)15(19)21/h7-10H,6H2,1-5H3,(H2,17,18). The van der Waals surface area contributed by atoms with Gasteiger partial charge in [-0.3, -0.25) is 9.69 Å². The summed E-state index contributed by atoms with van der Waals surface area (Å²) < 4.78 is 11.0. The molecule has 0 radical (unpaired) electrons. The van der Waals surface area contributed by atoms with Crippen LogP contribution < -0.4 is 15.4 Å². The Morgan fingerprint density at radius 2 is 2.09 bits per heavy atom. The van der Waals surface area contributed by atoms with E-state index in [1.165, 1.54) is 4.90 Å². The van der Waals surface area contributed by atoms with Crippen LogP contribution in [-0.4, -0.2) is 34.6 Å². The van der Waals surface area contributed by atoms with Gasteiger partial charge in [0.25, 0.3) is 5.91 Å². The Labute approximate surface area is 135 Å². The minimum Gasteiger partial charge on any atom is -0.474 e. The quantitative estimate of drug-likeness (QED) is 0.851. The average molecular weight is 321 g/mol. The maximum atomic E-state index is 12.8. The van der Waals surface area contributed by atoms with Crippen molar-refractivity contribution in [1.82, 2.24) is 4.98 Å². The number of hydrogen-bond acceptors (Lipinski definition) is 6. The summed E-state index contributed by atoms with van der Waals surface area (Å²) in [6, 6.07) is 2.47. The van der Waals surface area contributed by atoms with Crippen LogP contribution in [0.4, 0.5) is 11.6 Å². The summed E-state index contributed by atoms with van der Waals surface area (Å²) in [5.41, 5.74) is 4.63. The summed E-state index contributed by atoms with van der Waals surface area (Å²) in [6.07, 6.45) is 0.123. The molecule has 0 bridgehead atoms. The van der Waals surface area contributed by atoms with Crippen LogP contribution in [0.25, 0.3) is 0 Å². The van der Waals surface area contributed by atoms with E-state index in [1.807, 2.05) is 6.92 Å². The molecule has 0 aliphatic carbocycles. The van der Waals surface area contributed by atoms with Gasteiger partial charge in [-0.05, 0) is 46.2 Å². The number of nitrogen functional groups attached to an aromatic ring is 1. The van der Waals surface area contributed by atoms with Crippen LogP contribution in [0, 0.1) is 0 Å². The summed E-state index contributed by atoms with van der Waals surface area (Å²) in [5.74, 6) is 0.0952. The maximum absolute atomic E-state index is 12.8. The first kappa shape index (κ1) is 17.1. The van der Waals surface area contributed by atoms with Gasteiger partial charge in [-0.2, -0.15) is 0 Å². The lowest BCUT2D eigenvalue weighted by Gasteiger charge is -2.40. The van der Waals surface area contributed by atoms with Gasteiger partial charge in [0.05, 0.1) is 6.10 Å². The van der Waals surface area contributed by atoms with Crippen LogP contribution >= 0.6 is 0 Å². The molecule has 1 unspecified atom stereocenters. The van der Waals surface area contributed by atoms with Crippen molar-refractivity contribution < 1.29 is 19.1 Å². The number of rotatable bonds is 4. The molecule has 0 aromatic carbocycles. The van der Waals surface area contributed by atoms with Crippen molar-refractivity contribution in [2.45, 2.75) is 58.8 Å². The van der Waals surface area contributed by atoms with Gasteiger partial charge in [0.1, 0.15) is 11.9 Å². The van der Waals surface area contributed by atoms with E-state index in [-0.39, 0.29) is 23.6 Å². The summed E-state index contributed by atoms with van der Waals surface area (Å²) >= 11 is 0. The number of amides is 1. The minimum atomic E-state index is -1.10. The van der Waals surface area contributed by atoms with E-state index in [9.17, 15) is 9.59 Å². The minimum absolute atomic E-state index is 0.247. The first-order valence-corrected chi connectivity index (χ1v) is 7.67. The smallest absolute Gasteiger partial charge is 0.329 e. The van der Waals surface area contributed by atoms with E-state index in [0.29, 0.717) is 12.2 Å². The number of ether oxygens (including phenoxy) is 2. The van der Waals surface area contributed by atoms with Gasteiger partial charge in [-0.25, -0.2) is 9.78 Å². The molecule has 2 rings (SSSR count).